The van der Waals surface area contributed by atoms with Crippen molar-refractivity contribution in [2.24, 2.45) is 0 Å². The minimum absolute atomic E-state index is 0.241. The van der Waals surface area contributed by atoms with Crippen molar-refractivity contribution in [1.29, 1.82) is 0 Å². The summed E-state index contributed by atoms with van der Waals surface area (Å²) in [6, 6.07) is 20.6. The summed E-state index contributed by atoms with van der Waals surface area (Å²) in [5.74, 6) is -0.808. The Labute approximate surface area is 228 Å². The molecule has 0 aliphatic rings. The molecule has 0 saturated heterocycles. The van der Waals surface area contributed by atoms with Gasteiger partial charge >= 0.3 is 5.97 Å². The highest BCUT2D eigenvalue weighted by atomic mass is 19.1. The predicted octanol–water partition coefficient (Wildman–Crippen LogP) is 10.1. The molecule has 3 aromatic carbocycles. The van der Waals surface area contributed by atoms with Crippen molar-refractivity contribution in [2.75, 3.05) is 6.61 Å². The van der Waals surface area contributed by atoms with Crippen molar-refractivity contribution in [3.05, 3.63) is 83.7 Å². The third-order valence-corrected chi connectivity index (χ3v) is 6.94. The summed E-state index contributed by atoms with van der Waals surface area (Å²) in [5, 5.41) is 0. The number of carbonyl (C=O) groups excluding carboxylic acids is 1. The summed E-state index contributed by atoms with van der Waals surface area (Å²) < 4.78 is 15.5. The van der Waals surface area contributed by atoms with Crippen LogP contribution in [-0.4, -0.2) is 12.6 Å². The molecule has 0 spiro atoms. The van der Waals surface area contributed by atoms with Crippen LogP contribution in [-0.2, 0) is 16.2 Å². The second-order valence-electron chi connectivity index (χ2n) is 10.0. The molecule has 0 fully saturated rings. The Morgan fingerprint density at radius 3 is 2.05 bits per heavy atom. The van der Waals surface area contributed by atoms with Crippen molar-refractivity contribution in [2.45, 2.75) is 90.9 Å². The van der Waals surface area contributed by atoms with Crippen LogP contribution in [0.1, 0.15) is 100 Å². The molecule has 3 rings (SSSR count). The molecule has 38 heavy (non-hydrogen) atoms. The molecule has 204 valence electrons. The monoisotopic (exact) mass is 518 g/mol. The van der Waals surface area contributed by atoms with Gasteiger partial charge in [0, 0.05) is 5.56 Å². The van der Waals surface area contributed by atoms with Crippen LogP contribution in [0.3, 0.4) is 0 Å². The van der Waals surface area contributed by atoms with E-state index in [-0.39, 0.29) is 5.82 Å². The van der Waals surface area contributed by atoms with Crippen molar-refractivity contribution in [3.8, 4) is 22.3 Å². The van der Waals surface area contributed by atoms with Crippen LogP contribution >= 0.6 is 0 Å². The molecular formula is C34H43FO3. The summed E-state index contributed by atoms with van der Waals surface area (Å²) in [5.41, 5.74) is 3.98. The number of benzene rings is 3. The van der Waals surface area contributed by atoms with Crippen LogP contribution in [0.25, 0.3) is 22.3 Å². The molecule has 0 saturated carbocycles. The van der Waals surface area contributed by atoms with Gasteiger partial charge in [-0.2, -0.15) is 4.89 Å². The second-order valence-corrected chi connectivity index (χ2v) is 10.0. The summed E-state index contributed by atoms with van der Waals surface area (Å²) in [6.07, 6.45) is 13.8. The van der Waals surface area contributed by atoms with Crippen LogP contribution in [0.2, 0.25) is 0 Å². The van der Waals surface area contributed by atoms with E-state index in [1.807, 2.05) is 55.5 Å². The minimum Gasteiger partial charge on any atom is -0.293 e. The van der Waals surface area contributed by atoms with E-state index in [0.717, 1.165) is 30.4 Å². The van der Waals surface area contributed by atoms with Gasteiger partial charge in [0.05, 0.1) is 12.2 Å². The Hall–Kier alpha value is -2.98. The minimum atomic E-state index is -0.567. The maximum absolute atomic E-state index is 15.5. The highest BCUT2D eigenvalue weighted by Gasteiger charge is 2.18. The first-order chi connectivity index (χ1) is 18.7. The van der Waals surface area contributed by atoms with E-state index in [1.165, 1.54) is 51.4 Å². The zero-order valence-electron chi connectivity index (χ0n) is 23.1. The zero-order valence-corrected chi connectivity index (χ0v) is 23.1. The van der Waals surface area contributed by atoms with Crippen molar-refractivity contribution in [3.63, 3.8) is 0 Å². The molecule has 0 aromatic heterocycles. The number of rotatable bonds is 17. The maximum atomic E-state index is 15.5. The number of hydrogen-bond acceptors (Lipinski definition) is 3. The van der Waals surface area contributed by atoms with Gasteiger partial charge in [0.2, 0.25) is 0 Å². The van der Waals surface area contributed by atoms with E-state index in [9.17, 15) is 4.79 Å². The lowest BCUT2D eigenvalue weighted by Gasteiger charge is -2.14. The van der Waals surface area contributed by atoms with E-state index in [2.05, 4.69) is 6.92 Å². The number of aryl methyl sites for hydroxylation is 1. The van der Waals surface area contributed by atoms with Crippen molar-refractivity contribution < 1.29 is 19.0 Å². The Morgan fingerprint density at radius 1 is 0.684 bits per heavy atom. The fourth-order valence-electron chi connectivity index (χ4n) is 4.81. The number of carbonyl (C=O) groups is 1. The van der Waals surface area contributed by atoms with Crippen molar-refractivity contribution in [1.82, 2.24) is 0 Å². The number of unbranched alkanes of at least 4 members (excludes halogenated alkanes) is 9. The van der Waals surface area contributed by atoms with E-state index in [0.29, 0.717) is 35.3 Å². The second kappa shape index (κ2) is 16.8. The SMILES string of the molecule is CCCCCCCCCCCCOOC(=O)c1ccc(-c2ccccc2)c(-c2cccc(CCC)c2F)c1. The highest BCUT2D eigenvalue weighted by Crippen LogP contribution is 2.35. The Balaban J connectivity index is 1.59. The van der Waals surface area contributed by atoms with Gasteiger partial charge in [-0.15, -0.1) is 0 Å². The van der Waals surface area contributed by atoms with Gasteiger partial charge in [-0.1, -0.05) is 133 Å². The van der Waals surface area contributed by atoms with Gasteiger partial charge in [-0.3, -0.25) is 4.89 Å². The Bertz CT molecular complexity index is 1110. The van der Waals surface area contributed by atoms with Gasteiger partial charge in [-0.05, 0) is 47.2 Å². The van der Waals surface area contributed by atoms with Gasteiger partial charge < -0.3 is 0 Å². The summed E-state index contributed by atoms with van der Waals surface area (Å²) in [7, 11) is 0. The molecule has 0 amide bonds. The van der Waals surface area contributed by atoms with Gasteiger partial charge in [-0.25, -0.2) is 9.18 Å². The third-order valence-electron chi connectivity index (χ3n) is 6.94. The molecule has 3 aromatic rings. The van der Waals surface area contributed by atoms with Crippen LogP contribution < -0.4 is 0 Å². The molecule has 0 N–H and O–H groups in total. The first kappa shape index (κ1) is 29.6. The average Bonchev–Trinajstić information content (AvgIpc) is 2.95. The zero-order chi connectivity index (χ0) is 27.0. The number of halogens is 1. The fourth-order valence-corrected chi connectivity index (χ4v) is 4.81. The van der Waals surface area contributed by atoms with Crippen LogP contribution in [0.4, 0.5) is 4.39 Å². The Kier molecular flexibility index (Phi) is 13.1. The van der Waals surface area contributed by atoms with Crippen LogP contribution in [0, 0.1) is 5.82 Å². The van der Waals surface area contributed by atoms with Gasteiger partial charge in [0.25, 0.3) is 0 Å². The predicted molar refractivity (Wildman–Crippen MR) is 154 cm³/mol. The molecule has 0 aliphatic carbocycles. The largest absolute Gasteiger partial charge is 0.373 e. The van der Waals surface area contributed by atoms with Gasteiger partial charge in [0.1, 0.15) is 5.82 Å². The molecule has 0 bridgehead atoms. The molecule has 0 radical (unpaired) electrons. The maximum Gasteiger partial charge on any atom is 0.373 e. The Morgan fingerprint density at radius 2 is 1.37 bits per heavy atom. The highest BCUT2D eigenvalue weighted by molar-refractivity contribution is 5.94. The first-order valence-corrected chi connectivity index (χ1v) is 14.5. The molecule has 3 nitrogen and oxygen atoms in total. The van der Waals surface area contributed by atoms with E-state index >= 15 is 4.39 Å². The molecule has 0 heterocycles. The first-order valence-electron chi connectivity index (χ1n) is 14.5. The van der Waals surface area contributed by atoms with E-state index < -0.39 is 5.97 Å². The molecule has 4 heteroatoms. The summed E-state index contributed by atoms with van der Waals surface area (Å²) in [4.78, 5) is 23.1. The lowest BCUT2D eigenvalue weighted by Crippen LogP contribution is -2.08. The van der Waals surface area contributed by atoms with E-state index in [4.69, 9.17) is 9.78 Å². The van der Waals surface area contributed by atoms with Crippen LogP contribution in [0.5, 0.6) is 0 Å². The quantitative estimate of drug-likeness (QED) is 0.101. The average molecular weight is 519 g/mol. The fraction of sp³-hybridized carbons (Fsp3) is 0.441. The molecular weight excluding hydrogens is 475 g/mol. The summed E-state index contributed by atoms with van der Waals surface area (Å²) in [6.45, 7) is 4.66. The lowest BCUT2D eigenvalue weighted by atomic mass is 9.91. The molecule has 0 atom stereocenters. The molecule has 0 unspecified atom stereocenters. The normalized spacial score (nSPS) is 11.0. The van der Waals surface area contributed by atoms with Crippen LogP contribution in [0.15, 0.2) is 66.7 Å². The molecule has 0 aliphatic heterocycles. The van der Waals surface area contributed by atoms with Crippen molar-refractivity contribution >= 4 is 5.97 Å². The number of hydrogen-bond donors (Lipinski definition) is 0. The standard InChI is InChI=1S/C34H43FO3/c1-3-5-6-7-8-9-10-11-12-16-25-37-38-34(36)29-23-24-30(27-19-14-13-15-20-27)32(26-29)31-22-17-21-28(18-4-2)33(31)35/h13-15,17,19-24,26H,3-12,16,18,25H2,1-2H3. The third kappa shape index (κ3) is 9.09. The van der Waals surface area contributed by atoms with Gasteiger partial charge in [0.15, 0.2) is 0 Å². The smallest absolute Gasteiger partial charge is 0.293 e. The summed E-state index contributed by atoms with van der Waals surface area (Å²) >= 11 is 0. The lowest BCUT2D eigenvalue weighted by molar-refractivity contribution is -0.241. The topological polar surface area (TPSA) is 35.5 Å². The van der Waals surface area contributed by atoms with E-state index in [1.54, 1.807) is 18.2 Å².